The topological polar surface area (TPSA) is 96.3 Å². The van der Waals surface area contributed by atoms with E-state index in [-0.39, 0.29) is 26.3 Å². The minimum absolute atomic E-state index is 0.0509. The Bertz CT molecular complexity index is 535. The fraction of sp³-hybridized carbons (Fsp3) is 0.500. The summed E-state index contributed by atoms with van der Waals surface area (Å²) in [6.45, 7) is 1.76. The molecule has 1 aliphatic rings. The van der Waals surface area contributed by atoms with Gasteiger partial charge in [0.15, 0.2) is 0 Å². The summed E-state index contributed by atoms with van der Waals surface area (Å²) < 4.78 is 10.0. The van der Waals surface area contributed by atoms with Crippen molar-refractivity contribution in [2.75, 3.05) is 19.7 Å². The molecule has 7 nitrogen and oxygen atoms in total. The lowest BCUT2D eigenvalue weighted by atomic mass is 9.93. The van der Waals surface area contributed by atoms with Gasteiger partial charge in [-0.05, 0) is 12.5 Å². The Kier molecular flexibility index (Phi) is 5.95. The van der Waals surface area contributed by atoms with Gasteiger partial charge in [-0.2, -0.15) is 0 Å². The minimum atomic E-state index is -1.26. The number of nitrogens with zero attached hydrogens (tertiary/aromatic N) is 1. The Morgan fingerprint density at radius 1 is 1.17 bits per heavy atom. The number of piperidine rings is 1. The number of carbonyl (C=O) groups is 2. The van der Waals surface area contributed by atoms with Crippen LogP contribution in [0.15, 0.2) is 30.3 Å². The number of likely N-dealkylation sites (tertiary alicyclic amines) is 1. The van der Waals surface area contributed by atoms with Crippen molar-refractivity contribution in [1.82, 2.24) is 4.90 Å². The maximum absolute atomic E-state index is 12.1. The summed E-state index contributed by atoms with van der Waals surface area (Å²) in [6.07, 6.45) is -3.12. The fourth-order valence-electron chi connectivity index (χ4n) is 2.44. The maximum atomic E-state index is 12.1. The van der Waals surface area contributed by atoms with Crippen LogP contribution in [0.5, 0.6) is 0 Å². The number of β-amino-alcohol motifs (C(OH)–C–C–N with tert-alkyl or cyclic N) is 1. The first-order valence-electron chi connectivity index (χ1n) is 7.51. The average Bonchev–Trinajstić information content (AvgIpc) is 2.56. The van der Waals surface area contributed by atoms with Crippen molar-refractivity contribution in [1.29, 1.82) is 0 Å². The van der Waals surface area contributed by atoms with Crippen LogP contribution in [0.25, 0.3) is 0 Å². The summed E-state index contributed by atoms with van der Waals surface area (Å²) in [7, 11) is 0. The molecule has 3 atom stereocenters. The predicted molar refractivity (Wildman–Crippen MR) is 80.3 cm³/mol. The highest BCUT2D eigenvalue weighted by Gasteiger charge is 2.41. The molecule has 0 bridgehead atoms. The molecule has 7 heteroatoms. The molecule has 1 saturated heterocycles. The molecule has 0 saturated carbocycles. The van der Waals surface area contributed by atoms with Crippen molar-refractivity contribution in [2.24, 2.45) is 5.92 Å². The second-order valence-electron chi connectivity index (χ2n) is 5.36. The Labute approximate surface area is 134 Å². The number of aliphatic hydroxyl groups is 2. The number of hydrogen-bond donors (Lipinski definition) is 2. The second kappa shape index (κ2) is 7.94. The summed E-state index contributed by atoms with van der Waals surface area (Å²) in [5, 5.41) is 19.8. The molecule has 1 fully saturated rings. The van der Waals surface area contributed by atoms with Crippen LogP contribution < -0.4 is 0 Å². The monoisotopic (exact) mass is 323 g/mol. The van der Waals surface area contributed by atoms with Crippen molar-refractivity contribution >= 4 is 12.1 Å². The third-order valence-corrected chi connectivity index (χ3v) is 3.68. The average molecular weight is 323 g/mol. The second-order valence-corrected chi connectivity index (χ2v) is 5.36. The van der Waals surface area contributed by atoms with Crippen molar-refractivity contribution in [3.63, 3.8) is 0 Å². The van der Waals surface area contributed by atoms with Crippen molar-refractivity contribution in [3.05, 3.63) is 35.9 Å². The first-order valence-corrected chi connectivity index (χ1v) is 7.51. The first-order chi connectivity index (χ1) is 11.0. The quantitative estimate of drug-likeness (QED) is 0.785. The Morgan fingerprint density at radius 3 is 2.52 bits per heavy atom. The number of carbonyl (C=O) groups excluding carboxylic acids is 2. The fourth-order valence-corrected chi connectivity index (χ4v) is 2.44. The molecule has 0 aliphatic carbocycles. The van der Waals surface area contributed by atoms with Crippen molar-refractivity contribution < 1.29 is 29.3 Å². The summed E-state index contributed by atoms with van der Waals surface area (Å²) in [5.41, 5.74) is 0.834. The Hall–Kier alpha value is -2.12. The van der Waals surface area contributed by atoms with Gasteiger partial charge in [0.1, 0.15) is 12.5 Å². The van der Waals surface area contributed by atoms with Crippen LogP contribution in [0.1, 0.15) is 12.5 Å². The maximum Gasteiger partial charge on any atom is 0.410 e. The zero-order valence-corrected chi connectivity index (χ0v) is 12.9. The molecular weight excluding hydrogens is 302 g/mol. The van der Waals surface area contributed by atoms with Gasteiger partial charge >= 0.3 is 12.1 Å². The third kappa shape index (κ3) is 4.43. The number of ether oxygens (including phenoxy) is 2. The molecule has 23 heavy (non-hydrogen) atoms. The third-order valence-electron chi connectivity index (χ3n) is 3.68. The van der Waals surface area contributed by atoms with Crippen molar-refractivity contribution in [2.45, 2.75) is 25.7 Å². The van der Waals surface area contributed by atoms with Crippen LogP contribution >= 0.6 is 0 Å². The van der Waals surface area contributed by atoms with Crippen LogP contribution in [0.4, 0.5) is 4.79 Å². The highest BCUT2D eigenvalue weighted by atomic mass is 16.6. The van der Waals surface area contributed by atoms with Gasteiger partial charge in [0.25, 0.3) is 0 Å². The number of amides is 1. The van der Waals surface area contributed by atoms with E-state index in [1.165, 1.54) is 4.90 Å². The zero-order valence-electron chi connectivity index (χ0n) is 12.9. The van der Waals surface area contributed by atoms with Gasteiger partial charge in [-0.3, -0.25) is 4.79 Å². The van der Waals surface area contributed by atoms with E-state index in [4.69, 9.17) is 9.47 Å². The molecule has 2 N–H and O–H groups in total. The lowest BCUT2D eigenvalue weighted by Crippen LogP contribution is -2.56. The van der Waals surface area contributed by atoms with E-state index in [1.54, 1.807) is 6.92 Å². The summed E-state index contributed by atoms with van der Waals surface area (Å²) in [4.78, 5) is 25.1. The van der Waals surface area contributed by atoms with E-state index >= 15 is 0 Å². The normalized spacial score (nSPS) is 24.1. The van der Waals surface area contributed by atoms with E-state index in [1.807, 2.05) is 30.3 Å². The zero-order chi connectivity index (χ0) is 16.8. The van der Waals surface area contributed by atoms with Gasteiger partial charge in [0.2, 0.25) is 0 Å². The molecule has 1 aliphatic heterocycles. The lowest BCUT2D eigenvalue weighted by molar-refractivity contribution is -0.161. The predicted octanol–water partition coefficient (Wildman–Crippen LogP) is 0.540. The van der Waals surface area contributed by atoms with Gasteiger partial charge in [-0.25, -0.2) is 4.79 Å². The summed E-state index contributed by atoms with van der Waals surface area (Å²) >= 11 is 0. The van der Waals surface area contributed by atoms with E-state index in [0.717, 1.165) is 5.56 Å². The molecule has 126 valence electrons. The van der Waals surface area contributed by atoms with E-state index in [9.17, 15) is 19.8 Å². The number of rotatable bonds is 4. The van der Waals surface area contributed by atoms with E-state index < -0.39 is 30.2 Å². The molecule has 1 amide bonds. The molecule has 0 aromatic heterocycles. The van der Waals surface area contributed by atoms with Gasteiger partial charge in [-0.1, -0.05) is 30.3 Å². The molecule has 1 heterocycles. The Balaban J connectivity index is 1.95. The smallest absolute Gasteiger partial charge is 0.410 e. The number of benzene rings is 1. The van der Waals surface area contributed by atoms with E-state index in [2.05, 4.69) is 0 Å². The molecule has 2 rings (SSSR count). The van der Waals surface area contributed by atoms with Crippen LogP contribution in [-0.4, -0.2) is 59.1 Å². The van der Waals surface area contributed by atoms with Gasteiger partial charge < -0.3 is 24.6 Å². The highest BCUT2D eigenvalue weighted by molar-refractivity contribution is 5.75. The van der Waals surface area contributed by atoms with E-state index in [0.29, 0.717) is 0 Å². The summed E-state index contributed by atoms with van der Waals surface area (Å²) in [5.74, 6) is -1.62. The minimum Gasteiger partial charge on any atom is -0.466 e. The largest absolute Gasteiger partial charge is 0.466 e. The Morgan fingerprint density at radius 2 is 1.87 bits per heavy atom. The van der Waals surface area contributed by atoms with Crippen LogP contribution in [0, 0.1) is 5.92 Å². The van der Waals surface area contributed by atoms with Gasteiger partial charge in [0, 0.05) is 6.54 Å². The molecule has 1 aromatic rings. The highest BCUT2D eigenvalue weighted by Crippen LogP contribution is 2.20. The number of esters is 1. The van der Waals surface area contributed by atoms with Crippen LogP contribution in [-0.2, 0) is 20.9 Å². The lowest BCUT2D eigenvalue weighted by Gasteiger charge is -2.37. The van der Waals surface area contributed by atoms with Gasteiger partial charge in [0.05, 0.1) is 25.4 Å². The standard InChI is InChI=1S/C16H21NO6/c1-2-22-15(20)12-8-17(9-13(18)14(12)19)16(21)23-10-11-6-4-3-5-7-11/h3-7,12-14,18-19H,2,8-10H2,1H3. The molecule has 0 radical (unpaired) electrons. The van der Waals surface area contributed by atoms with Crippen LogP contribution in [0.3, 0.4) is 0 Å². The first kappa shape index (κ1) is 17.2. The molecule has 0 spiro atoms. The molecular formula is C16H21NO6. The SMILES string of the molecule is CCOC(=O)C1CN(C(=O)OCc2ccccc2)CC(O)C1O. The number of hydrogen-bond acceptors (Lipinski definition) is 6. The summed E-state index contributed by atoms with van der Waals surface area (Å²) in [6, 6.07) is 9.17. The van der Waals surface area contributed by atoms with Gasteiger partial charge in [-0.15, -0.1) is 0 Å². The number of aliphatic hydroxyl groups excluding tert-OH is 2. The van der Waals surface area contributed by atoms with Crippen LogP contribution in [0.2, 0.25) is 0 Å². The van der Waals surface area contributed by atoms with Crippen molar-refractivity contribution in [3.8, 4) is 0 Å². The molecule has 3 unspecified atom stereocenters. The molecule has 1 aromatic carbocycles.